The van der Waals surface area contributed by atoms with Gasteiger partial charge in [0.2, 0.25) is 0 Å². The molecule has 0 fully saturated rings. The number of benzene rings is 2. The number of thioether (sulfide) groups is 1. The molecule has 0 unspecified atom stereocenters. The fourth-order valence-corrected chi connectivity index (χ4v) is 4.31. The molecule has 0 amide bonds. The number of methoxy groups -OCH3 is 1. The zero-order valence-electron chi connectivity index (χ0n) is 18.4. The van der Waals surface area contributed by atoms with E-state index in [0.29, 0.717) is 27.7 Å². The normalized spacial score (nSPS) is 11.7. The zero-order chi connectivity index (χ0) is 24.6. The van der Waals surface area contributed by atoms with Gasteiger partial charge in [0.15, 0.2) is 11.5 Å². The lowest BCUT2D eigenvalue weighted by atomic mass is 10.1. The number of aromatic nitrogens is 4. The maximum atomic E-state index is 12.9. The van der Waals surface area contributed by atoms with Gasteiger partial charge in [0.25, 0.3) is 5.56 Å². The number of alkyl halides is 3. The summed E-state index contributed by atoms with van der Waals surface area (Å²) in [5.41, 5.74) is -0.377. The fraction of sp³-hybridized carbons (Fsp3) is 0.217. The van der Waals surface area contributed by atoms with Gasteiger partial charge in [-0.1, -0.05) is 12.1 Å². The van der Waals surface area contributed by atoms with E-state index < -0.39 is 23.0 Å². The van der Waals surface area contributed by atoms with Crippen molar-refractivity contribution in [3.8, 4) is 17.1 Å². The Labute approximate surface area is 195 Å². The Kier molecular flexibility index (Phi) is 6.22. The van der Waals surface area contributed by atoms with Crippen LogP contribution in [0.3, 0.4) is 0 Å². The first-order chi connectivity index (χ1) is 16.1. The van der Waals surface area contributed by atoms with Crippen LogP contribution in [0.5, 0.6) is 5.75 Å². The summed E-state index contributed by atoms with van der Waals surface area (Å²) >= 11 is 1.18. The van der Waals surface area contributed by atoms with Crippen molar-refractivity contribution < 1.29 is 17.9 Å². The van der Waals surface area contributed by atoms with Crippen molar-refractivity contribution in [3.63, 3.8) is 0 Å². The largest absolute Gasteiger partial charge is 0.497 e. The van der Waals surface area contributed by atoms with Crippen molar-refractivity contribution in [2.45, 2.75) is 17.0 Å². The van der Waals surface area contributed by atoms with Crippen LogP contribution in [0.15, 0.2) is 63.1 Å². The third-order valence-electron chi connectivity index (χ3n) is 5.27. The highest BCUT2D eigenvalue weighted by molar-refractivity contribution is 7.98. The van der Waals surface area contributed by atoms with E-state index in [9.17, 15) is 22.8 Å². The highest BCUT2D eigenvalue weighted by atomic mass is 32.2. The summed E-state index contributed by atoms with van der Waals surface area (Å²) < 4.78 is 46.0. The van der Waals surface area contributed by atoms with Crippen LogP contribution < -0.4 is 16.0 Å². The van der Waals surface area contributed by atoms with Crippen LogP contribution in [-0.2, 0) is 26.0 Å². The van der Waals surface area contributed by atoms with Crippen molar-refractivity contribution in [2.24, 2.45) is 14.1 Å². The molecule has 7 nitrogen and oxygen atoms in total. The van der Waals surface area contributed by atoms with Gasteiger partial charge in [-0.15, -0.1) is 11.8 Å². The van der Waals surface area contributed by atoms with Gasteiger partial charge in [-0.25, -0.2) is 14.8 Å². The summed E-state index contributed by atoms with van der Waals surface area (Å²) in [6.45, 7) is 0. The molecule has 0 atom stereocenters. The molecule has 4 rings (SSSR count). The molecule has 2 aromatic heterocycles. The van der Waals surface area contributed by atoms with E-state index in [-0.39, 0.29) is 16.8 Å². The first-order valence-electron chi connectivity index (χ1n) is 10.0. The number of nitrogens with zero attached hydrogens (tertiary/aromatic N) is 4. The standard InChI is InChI=1S/C23H19F3N4O3S/c1-29-19-17(21(31)30(2)22(29)32)20(28-18(27-19)14-6-10-16(33-3)11-7-14)34-12-13-4-8-15(9-5-13)23(24,25)26/h4-11H,12H2,1-3H3. The molecule has 2 heterocycles. The third-order valence-corrected chi connectivity index (χ3v) is 6.32. The lowest BCUT2D eigenvalue weighted by molar-refractivity contribution is -0.137. The molecule has 0 aliphatic rings. The van der Waals surface area contributed by atoms with E-state index >= 15 is 0 Å². The molecule has 176 valence electrons. The summed E-state index contributed by atoms with van der Waals surface area (Å²) in [6.07, 6.45) is -4.42. The molecule has 0 aliphatic carbocycles. The summed E-state index contributed by atoms with van der Waals surface area (Å²) in [5, 5.41) is 0.491. The van der Waals surface area contributed by atoms with Crippen molar-refractivity contribution in [1.29, 1.82) is 0 Å². The fourth-order valence-electron chi connectivity index (χ4n) is 3.34. The molecular formula is C23H19F3N4O3S. The van der Waals surface area contributed by atoms with Gasteiger partial charge in [0, 0.05) is 25.4 Å². The number of aryl methyl sites for hydroxylation is 1. The number of ether oxygens (including phenoxy) is 1. The third kappa shape index (κ3) is 4.43. The first-order valence-corrected chi connectivity index (χ1v) is 11.0. The predicted octanol–water partition coefficient (Wildman–Crippen LogP) is 4.01. The Morgan fingerprint density at radius 2 is 1.59 bits per heavy atom. The second kappa shape index (κ2) is 8.98. The smallest absolute Gasteiger partial charge is 0.416 e. The molecule has 0 N–H and O–H groups in total. The van der Waals surface area contributed by atoms with Crippen LogP contribution in [-0.4, -0.2) is 26.2 Å². The number of hydrogen-bond donors (Lipinski definition) is 0. The maximum Gasteiger partial charge on any atom is 0.416 e. The van der Waals surface area contributed by atoms with Gasteiger partial charge in [-0.05, 0) is 42.0 Å². The van der Waals surface area contributed by atoms with Crippen LogP contribution in [0.2, 0.25) is 0 Å². The van der Waals surface area contributed by atoms with E-state index in [2.05, 4.69) is 9.97 Å². The quantitative estimate of drug-likeness (QED) is 0.312. The average Bonchev–Trinajstić information content (AvgIpc) is 2.84. The van der Waals surface area contributed by atoms with Crippen molar-refractivity contribution >= 4 is 22.8 Å². The minimum absolute atomic E-state index is 0.166. The molecule has 0 spiro atoms. The molecule has 2 aromatic carbocycles. The van der Waals surface area contributed by atoms with Crippen LogP contribution >= 0.6 is 11.8 Å². The minimum atomic E-state index is -4.42. The van der Waals surface area contributed by atoms with Crippen molar-refractivity contribution in [3.05, 3.63) is 80.5 Å². The Hall–Kier alpha value is -3.60. The van der Waals surface area contributed by atoms with Gasteiger partial charge in [0.1, 0.15) is 16.2 Å². The first kappa shape index (κ1) is 23.6. The number of halogens is 3. The second-order valence-corrected chi connectivity index (χ2v) is 8.43. The molecule has 0 bridgehead atoms. The molecule has 4 aromatic rings. The molecule has 0 aliphatic heterocycles. The number of rotatable bonds is 5. The highest BCUT2D eigenvalue weighted by Gasteiger charge is 2.30. The Bertz CT molecular complexity index is 1480. The monoisotopic (exact) mass is 488 g/mol. The van der Waals surface area contributed by atoms with Crippen molar-refractivity contribution in [2.75, 3.05) is 7.11 Å². The molecule has 0 saturated heterocycles. The van der Waals surface area contributed by atoms with Crippen LogP contribution in [0, 0.1) is 0 Å². The molecule has 11 heteroatoms. The van der Waals surface area contributed by atoms with Crippen LogP contribution in [0.1, 0.15) is 11.1 Å². The van der Waals surface area contributed by atoms with E-state index in [4.69, 9.17) is 4.74 Å². The van der Waals surface area contributed by atoms with Gasteiger partial charge >= 0.3 is 11.9 Å². The van der Waals surface area contributed by atoms with Crippen LogP contribution in [0.4, 0.5) is 13.2 Å². The molecule has 0 saturated carbocycles. The van der Waals surface area contributed by atoms with Crippen molar-refractivity contribution in [1.82, 2.24) is 19.1 Å². The van der Waals surface area contributed by atoms with Gasteiger partial charge in [-0.2, -0.15) is 13.2 Å². The average molecular weight is 488 g/mol. The topological polar surface area (TPSA) is 79.0 Å². The van der Waals surface area contributed by atoms with Gasteiger partial charge in [-0.3, -0.25) is 13.9 Å². The van der Waals surface area contributed by atoms with E-state index in [1.54, 1.807) is 31.4 Å². The SMILES string of the molecule is COc1ccc(-c2nc(SCc3ccc(C(F)(F)F)cc3)c3c(=O)n(C)c(=O)n(C)c3n2)cc1. The predicted molar refractivity (Wildman–Crippen MR) is 123 cm³/mol. The minimum Gasteiger partial charge on any atom is -0.497 e. The molecule has 0 radical (unpaired) electrons. The maximum absolute atomic E-state index is 12.9. The van der Waals surface area contributed by atoms with Gasteiger partial charge in [0.05, 0.1) is 12.7 Å². The summed E-state index contributed by atoms with van der Waals surface area (Å²) in [5.74, 6) is 1.20. The zero-order valence-corrected chi connectivity index (χ0v) is 19.2. The van der Waals surface area contributed by atoms with Gasteiger partial charge < -0.3 is 4.74 Å². The Morgan fingerprint density at radius 3 is 2.18 bits per heavy atom. The Morgan fingerprint density at radius 1 is 0.941 bits per heavy atom. The molecule has 34 heavy (non-hydrogen) atoms. The number of hydrogen-bond acceptors (Lipinski definition) is 6. The highest BCUT2D eigenvalue weighted by Crippen LogP contribution is 2.32. The summed E-state index contributed by atoms with van der Waals surface area (Å²) in [7, 11) is 4.42. The lowest BCUT2D eigenvalue weighted by Gasteiger charge is -2.12. The summed E-state index contributed by atoms with van der Waals surface area (Å²) in [6, 6.07) is 11.8. The molecular weight excluding hydrogens is 469 g/mol. The number of fused-ring (bicyclic) bond motifs is 1. The van der Waals surface area contributed by atoms with E-state index in [1.807, 2.05) is 0 Å². The lowest BCUT2D eigenvalue weighted by Crippen LogP contribution is -2.37. The van der Waals surface area contributed by atoms with E-state index in [1.165, 1.54) is 42.6 Å². The van der Waals surface area contributed by atoms with E-state index in [0.717, 1.165) is 16.7 Å². The Balaban J connectivity index is 1.81. The van der Waals surface area contributed by atoms with Crippen LogP contribution in [0.25, 0.3) is 22.4 Å². The second-order valence-electron chi connectivity index (χ2n) is 7.47. The summed E-state index contributed by atoms with van der Waals surface area (Å²) in [4.78, 5) is 34.5.